The van der Waals surface area contributed by atoms with Gasteiger partial charge in [-0.05, 0) is 56.0 Å². The number of nitrogens with zero attached hydrogens (tertiary/aromatic N) is 3. The van der Waals surface area contributed by atoms with E-state index in [1.165, 1.54) is 0 Å². The predicted octanol–water partition coefficient (Wildman–Crippen LogP) is 4.30. The third-order valence-electron chi connectivity index (χ3n) is 5.73. The average Bonchev–Trinajstić information content (AvgIpc) is 2.78. The molecule has 2 aromatic carbocycles. The Morgan fingerprint density at radius 2 is 1.78 bits per heavy atom. The SMILES string of the molecule is CN(C)c1nc(NC2CCC(NCC(=O)Nc3cccc(Cl)c3)CC2)nc2ccccc12. The molecule has 1 aliphatic carbocycles. The Morgan fingerprint density at radius 1 is 1.03 bits per heavy atom. The molecule has 1 heterocycles. The maximum atomic E-state index is 12.2. The van der Waals surface area contributed by atoms with Crippen LogP contribution >= 0.6 is 11.6 Å². The van der Waals surface area contributed by atoms with Crippen molar-refractivity contribution in [1.29, 1.82) is 0 Å². The summed E-state index contributed by atoms with van der Waals surface area (Å²) in [4.78, 5) is 23.7. The number of hydrogen-bond donors (Lipinski definition) is 3. The number of carbonyl (C=O) groups excluding carboxylic acids is 1. The molecule has 0 spiro atoms. The Kier molecular flexibility index (Phi) is 7.07. The molecule has 4 rings (SSSR count). The van der Waals surface area contributed by atoms with E-state index in [9.17, 15) is 4.79 Å². The number of hydrogen-bond acceptors (Lipinski definition) is 6. The van der Waals surface area contributed by atoms with Crippen LogP contribution in [0.15, 0.2) is 48.5 Å². The largest absolute Gasteiger partial charge is 0.362 e. The summed E-state index contributed by atoms with van der Waals surface area (Å²) in [5, 5.41) is 11.4. The fourth-order valence-corrected chi connectivity index (χ4v) is 4.29. The third kappa shape index (κ3) is 5.66. The van der Waals surface area contributed by atoms with Crippen LogP contribution in [0.4, 0.5) is 17.5 Å². The van der Waals surface area contributed by atoms with Gasteiger partial charge in [-0.1, -0.05) is 29.8 Å². The maximum Gasteiger partial charge on any atom is 0.238 e. The van der Waals surface area contributed by atoms with Gasteiger partial charge in [0.2, 0.25) is 11.9 Å². The average molecular weight is 453 g/mol. The third-order valence-corrected chi connectivity index (χ3v) is 5.96. The van der Waals surface area contributed by atoms with Gasteiger partial charge in [-0.3, -0.25) is 4.79 Å². The van der Waals surface area contributed by atoms with Gasteiger partial charge in [0.05, 0.1) is 12.1 Å². The first-order valence-electron chi connectivity index (χ1n) is 11.0. The van der Waals surface area contributed by atoms with Crippen molar-refractivity contribution in [1.82, 2.24) is 15.3 Å². The van der Waals surface area contributed by atoms with Crippen LogP contribution in [-0.4, -0.2) is 48.6 Å². The Labute approximate surface area is 193 Å². The first-order valence-corrected chi connectivity index (χ1v) is 11.3. The second-order valence-electron chi connectivity index (χ2n) is 8.41. The Balaban J connectivity index is 1.27. The summed E-state index contributed by atoms with van der Waals surface area (Å²) >= 11 is 5.97. The Morgan fingerprint density at radius 3 is 2.53 bits per heavy atom. The lowest BCUT2D eigenvalue weighted by atomic mass is 9.91. The van der Waals surface area contributed by atoms with Crippen molar-refractivity contribution in [3.8, 4) is 0 Å². The van der Waals surface area contributed by atoms with Crippen molar-refractivity contribution in [3.05, 3.63) is 53.6 Å². The number of benzene rings is 2. The van der Waals surface area contributed by atoms with E-state index in [2.05, 4.69) is 16.0 Å². The standard InChI is InChI=1S/C24H29ClN6O/c1-31(2)23-20-8-3-4-9-21(20)29-24(30-23)28-18-12-10-17(11-13-18)26-15-22(32)27-19-7-5-6-16(25)14-19/h3-9,14,17-18,26H,10-13,15H2,1-2H3,(H,27,32)(H,28,29,30). The second kappa shape index (κ2) is 10.1. The van der Waals surface area contributed by atoms with Crippen LogP contribution in [0.5, 0.6) is 0 Å². The number of fused-ring (bicyclic) bond motifs is 1. The lowest BCUT2D eigenvalue weighted by molar-refractivity contribution is -0.115. The summed E-state index contributed by atoms with van der Waals surface area (Å²) in [5.74, 6) is 1.53. The molecular weight excluding hydrogens is 424 g/mol. The van der Waals surface area contributed by atoms with Gasteiger partial charge in [-0.2, -0.15) is 4.98 Å². The van der Waals surface area contributed by atoms with Crippen molar-refractivity contribution < 1.29 is 4.79 Å². The van der Waals surface area contributed by atoms with Crippen LogP contribution in [-0.2, 0) is 4.79 Å². The lowest BCUT2D eigenvalue weighted by Gasteiger charge is -2.30. The molecule has 0 unspecified atom stereocenters. The number of anilines is 3. The first kappa shape index (κ1) is 22.3. The van der Waals surface area contributed by atoms with Crippen molar-refractivity contribution in [2.45, 2.75) is 37.8 Å². The van der Waals surface area contributed by atoms with Crippen LogP contribution in [0.25, 0.3) is 10.9 Å². The summed E-state index contributed by atoms with van der Waals surface area (Å²) in [6.45, 7) is 0.287. The van der Waals surface area contributed by atoms with E-state index in [-0.39, 0.29) is 12.5 Å². The molecule has 0 radical (unpaired) electrons. The number of nitrogens with one attached hydrogen (secondary N) is 3. The van der Waals surface area contributed by atoms with Gasteiger partial charge in [-0.25, -0.2) is 4.98 Å². The molecule has 1 saturated carbocycles. The number of rotatable bonds is 7. The van der Waals surface area contributed by atoms with Gasteiger partial charge >= 0.3 is 0 Å². The number of para-hydroxylation sites is 1. The molecule has 3 N–H and O–H groups in total. The highest BCUT2D eigenvalue weighted by atomic mass is 35.5. The summed E-state index contributed by atoms with van der Waals surface area (Å²) in [6.07, 6.45) is 3.99. The first-order chi connectivity index (χ1) is 15.5. The molecule has 1 fully saturated rings. The minimum absolute atomic E-state index is 0.0618. The Bertz CT molecular complexity index is 1080. The number of aromatic nitrogens is 2. The normalized spacial score (nSPS) is 18.3. The Hall–Kier alpha value is -2.90. The van der Waals surface area contributed by atoms with Gasteiger partial charge in [-0.15, -0.1) is 0 Å². The van der Waals surface area contributed by atoms with Crippen molar-refractivity contribution in [3.63, 3.8) is 0 Å². The molecule has 1 amide bonds. The molecule has 0 saturated heterocycles. The molecule has 7 nitrogen and oxygen atoms in total. The van der Waals surface area contributed by atoms with E-state index in [0.717, 1.165) is 42.4 Å². The summed E-state index contributed by atoms with van der Waals surface area (Å²) in [5.41, 5.74) is 1.65. The highest BCUT2D eigenvalue weighted by Crippen LogP contribution is 2.26. The summed E-state index contributed by atoms with van der Waals surface area (Å²) < 4.78 is 0. The van der Waals surface area contributed by atoms with Crippen LogP contribution in [0, 0.1) is 0 Å². The van der Waals surface area contributed by atoms with Crippen molar-refractivity contribution >= 4 is 45.9 Å². The molecule has 32 heavy (non-hydrogen) atoms. The highest BCUT2D eigenvalue weighted by Gasteiger charge is 2.22. The second-order valence-corrected chi connectivity index (χ2v) is 8.85. The quantitative estimate of drug-likeness (QED) is 0.495. The van der Waals surface area contributed by atoms with E-state index >= 15 is 0 Å². The zero-order valence-electron chi connectivity index (χ0n) is 18.4. The molecule has 8 heteroatoms. The van der Waals surface area contributed by atoms with Crippen LogP contribution in [0.2, 0.25) is 5.02 Å². The zero-order chi connectivity index (χ0) is 22.5. The molecule has 0 atom stereocenters. The van der Waals surface area contributed by atoms with Crippen LogP contribution in [0.1, 0.15) is 25.7 Å². The van der Waals surface area contributed by atoms with E-state index in [1.807, 2.05) is 55.4 Å². The summed E-state index contributed by atoms with van der Waals surface area (Å²) in [7, 11) is 4.00. The maximum absolute atomic E-state index is 12.2. The van der Waals surface area contributed by atoms with Crippen molar-refractivity contribution in [2.24, 2.45) is 0 Å². The topological polar surface area (TPSA) is 82.2 Å². The number of carbonyl (C=O) groups is 1. The van der Waals surface area contributed by atoms with E-state index in [1.54, 1.807) is 12.1 Å². The predicted molar refractivity (Wildman–Crippen MR) is 132 cm³/mol. The molecule has 3 aromatic rings. The lowest BCUT2D eigenvalue weighted by Crippen LogP contribution is -2.40. The molecular formula is C24H29ClN6O. The van der Waals surface area contributed by atoms with Crippen LogP contribution < -0.4 is 20.9 Å². The number of halogens is 1. The van der Waals surface area contributed by atoms with Gasteiger partial charge in [0.1, 0.15) is 5.82 Å². The van der Waals surface area contributed by atoms with Gasteiger partial charge < -0.3 is 20.9 Å². The van der Waals surface area contributed by atoms with Crippen molar-refractivity contribution in [2.75, 3.05) is 36.2 Å². The summed E-state index contributed by atoms with van der Waals surface area (Å²) in [6, 6.07) is 15.9. The zero-order valence-corrected chi connectivity index (χ0v) is 19.2. The number of amides is 1. The minimum atomic E-state index is -0.0618. The minimum Gasteiger partial charge on any atom is -0.362 e. The monoisotopic (exact) mass is 452 g/mol. The smallest absolute Gasteiger partial charge is 0.238 e. The van der Waals surface area contributed by atoms with Gasteiger partial charge in [0.25, 0.3) is 0 Å². The van der Waals surface area contributed by atoms with Gasteiger partial charge in [0.15, 0.2) is 0 Å². The van der Waals surface area contributed by atoms with Crippen LogP contribution in [0.3, 0.4) is 0 Å². The molecule has 168 valence electrons. The van der Waals surface area contributed by atoms with Gasteiger partial charge in [0, 0.05) is 42.3 Å². The molecule has 0 bridgehead atoms. The van der Waals surface area contributed by atoms with E-state index in [0.29, 0.717) is 28.7 Å². The molecule has 0 aliphatic heterocycles. The molecule has 1 aromatic heterocycles. The molecule has 1 aliphatic rings. The van der Waals surface area contributed by atoms with E-state index < -0.39 is 0 Å². The highest BCUT2D eigenvalue weighted by molar-refractivity contribution is 6.30. The van der Waals surface area contributed by atoms with E-state index in [4.69, 9.17) is 21.6 Å². The fraction of sp³-hybridized carbons (Fsp3) is 0.375. The fourth-order valence-electron chi connectivity index (χ4n) is 4.10.